The molecule has 0 amide bonds. The van der Waals surface area contributed by atoms with Crippen LogP contribution >= 0.6 is 11.3 Å². The molecule has 1 aliphatic rings. The van der Waals surface area contributed by atoms with Gasteiger partial charge in [-0.3, -0.25) is 0 Å². The number of aryl methyl sites for hydroxylation is 1. The van der Waals surface area contributed by atoms with Crippen molar-refractivity contribution in [1.29, 1.82) is 0 Å². The van der Waals surface area contributed by atoms with Crippen LogP contribution in [-0.4, -0.2) is 43.9 Å². The van der Waals surface area contributed by atoms with E-state index in [1.165, 1.54) is 17.5 Å². The lowest BCUT2D eigenvalue weighted by atomic mass is 10.1. The molecule has 0 aromatic carbocycles. The Labute approximate surface area is 106 Å². The molecule has 0 radical (unpaired) electrons. The van der Waals surface area contributed by atoms with E-state index in [1.54, 1.807) is 4.31 Å². The Morgan fingerprint density at radius 2 is 2.12 bits per heavy atom. The summed E-state index contributed by atoms with van der Waals surface area (Å²) < 4.78 is 26.5. The van der Waals surface area contributed by atoms with Gasteiger partial charge in [-0.25, -0.2) is 13.4 Å². The van der Waals surface area contributed by atoms with E-state index in [0.717, 1.165) is 17.8 Å². The molecule has 1 aromatic heterocycles. The minimum atomic E-state index is -3.31. The van der Waals surface area contributed by atoms with Gasteiger partial charge in [0.15, 0.2) is 4.21 Å². The summed E-state index contributed by atoms with van der Waals surface area (Å²) in [5, 5.41) is 3.97. The van der Waals surface area contributed by atoms with Crippen LogP contribution in [0.3, 0.4) is 0 Å². The largest absolute Gasteiger partial charge is 0.317 e. The topological polar surface area (TPSA) is 62.3 Å². The summed E-state index contributed by atoms with van der Waals surface area (Å²) in [6.07, 6.45) is 3.19. The quantitative estimate of drug-likeness (QED) is 0.887. The number of sulfonamides is 1. The molecule has 0 aliphatic carbocycles. The Kier molecular flexibility index (Phi) is 3.82. The van der Waals surface area contributed by atoms with E-state index >= 15 is 0 Å². The molecule has 0 spiro atoms. The SMILES string of the molecule is CNC1CCN(S(=O)(=O)c2cnc(C)s2)CC1. The summed E-state index contributed by atoms with van der Waals surface area (Å²) >= 11 is 1.24. The molecule has 7 heteroatoms. The summed E-state index contributed by atoms with van der Waals surface area (Å²) in [6, 6.07) is 0.435. The highest BCUT2D eigenvalue weighted by molar-refractivity contribution is 7.91. The van der Waals surface area contributed by atoms with E-state index in [4.69, 9.17) is 0 Å². The first kappa shape index (κ1) is 12.9. The lowest BCUT2D eigenvalue weighted by Gasteiger charge is -2.30. The van der Waals surface area contributed by atoms with Crippen LogP contribution in [0, 0.1) is 6.92 Å². The summed E-state index contributed by atoms with van der Waals surface area (Å²) in [6.45, 7) is 2.99. The van der Waals surface area contributed by atoms with Gasteiger partial charge in [0.2, 0.25) is 0 Å². The summed E-state index contributed by atoms with van der Waals surface area (Å²) in [5.74, 6) is 0. The molecule has 96 valence electrons. The zero-order valence-corrected chi connectivity index (χ0v) is 11.6. The fourth-order valence-electron chi connectivity index (χ4n) is 1.97. The van der Waals surface area contributed by atoms with Gasteiger partial charge in [0, 0.05) is 19.1 Å². The molecular formula is C10H17N3O2S2. The van der Waals surface area contributed by atoms with Gasteiger partial charge in [0.1, 0.15) is 0 Å². The number of piperidine rings is 1. The van der Waals surface area contributed by atoms with Crippen LogP contribution in [-0.2, 0) is 10.0 Å². The van der Waals surface area contributed by atoms with Crippen molar-refractivity contribution in [3.05, 3.63) is 11.2 Å². The molecule has 1 fully saturated rings. The maximum absolute atomic E-state index is 12.3. The van der Waals surface area contributed by atoms with Crippen LogP contribution in [0.5, 0.6) is 0 Å². The summed E-state index contributed by atoms with van der Waals surface area (Å²) in [7, 11) is -1.39. The predicted molar refractivity (Wildman–Crippen MR) is 67.7 cm³/mol. The van der Waals surface area contributed by atoms with Gasteiger partial charge >= 0.3 is 0 Å². The highest BCUT2D eigenvalue weighted by Gasteiger charge is 2.30. The molecule has 0 atom stereocenters. The second kappa shape index (κ2) is 5.01. The molecule has 2 heterocycles. The maximum Gasteiger partial charge on any atom is 0.254 e. The van der Waals surface area contributed by atoms with Crippen LogP contribution in [0.15, 0.2) is 10.4 Å². The minimum absolute atomic E-state index is 0.359. The Balaban J connectivity index is 2.12. The second-order valence-electron chi connectivity index (χ2n) is 4.17. The third-order valence-corrected chi connectivity index (χ3v) is 6.30. The van der Waals surface area contributed by atoms with Crippen molar-refractivity contribution >= 4 is 21.4 Å². The first-order valence-corrected chi connectivity index (χ1v) is 7.89. The van der Waals surface area contributed by atoms with Crippen molar-refractivity contribution in [3.8, 4) is 0 Å². The van der Waals surface area contributed by atoms with Gasteiger partial charge in [-0.05, 0) is 26.8 Å². The van der Waals surface area contributed by atoms with E-state index in [-0.39, 0.29) is 0 Å². The smallest absolute Gasteiger partial charge is 0.254 e. The Morgan fingerprint density at radius 1 is 1.47 bits per heavy atom. The Morgan fingerprint density at radius 3 is 2.59 bits per heavy atom. The van der Waals surface area contributed by atoms with Crippen LogP contribution in [0.4, 0.5) is 0 Å². The lowest BCUT2D eigenvalue weighted by molar-refractivity contribution is 0.299. The standard InChI is InChI=1S/C10H17N3O2S2/c1-8-12-7-10(16-8)17(14,15)13-5-3-9(11-2)4-6-13/h7,9,11H,3-6H2,1-2H3. The van der Waals surface area contributed by atoms with Crippen molar-refractivity contribution < 1.29 is 8.42 Å². The molecule has 1 saturated heterocycles. The predicted octanol–water partition coefficient (Wildman–Crippen LogP) is 0.824. The van der Waals surface area contributed by atoms with Gasteiger partial charge < -0.3 is 5.32 Å². The molecule has 17 heavy (non-hydrogen) atoms. The summed E-state index contributed by atoms with van der Waals surface area (Å²) in [4.78, 5) is 4.01. The average Bonchev–Trinajstić information content (AvgIpc) is 2.77. The highest BCUT2D eigenvalue weighted by Crippen LogP contribution is 2.24. The fraction of sp³-hybridized carbons (Fsp3) is 0.700. The minimum Gasteiger partial charge on any atom is -0.317 e. The lowest BCUT2D eigenvalue weighted by Crippen LogP contribution is -2.43. The van der Waals surface area contributed by atoms with E-state index < -0.39 is 10.0 Å². The number of thiazole rings is 1. The van der Waals surface area contributed by atoms with Crippen molar-refractivity contribution in [1.82, 2.24) is 14.6 Å². The monoisotopic (exact) mass is 275 g/mol. The molecule has 1 aromatic rings. The number of aromatic nitrogens is 1. The highest BCUT2D eigenvalue weighted by atomic mass is 32.2. The number of rotatable bonds is 3. The molecule has 5 nitrogen and oxygen atoms in total. The first-order valence-electron chi connectivity index (χ1n) is 5.64. The number of hydrogen-bond acceptors (Lipinski definition) is 5. The van der Waals surface area contributed by atoms with Gasteiger partial charge in [-0.15, -0.1) is 11.3 Å². The average molecular weight is 275 g/mol. The number of nitrogens with zero attached hydrogens (tertiary/aromatic N) is 2. The molecule has 1 N–H and O–H groups in total. The van der Waals surface area contributed by atoms with Crippen LogP contribution in [0.1, 0.15) is 17.8 Å². The molecule has 0 unspecified atom stereocenters. The molecule has 0 saturated carbocycles. The van der Waals surface area contributed by atoms with Crippen molar-refractivity contribution in [3.63, 3.8) is 0 Å². The maximum atomic E-state index is 12.3. The summed E-state index contributed by atoms with van der Waals surface area (Å²) in [5.41, 5.74) is 0. The Hall–Kier alpha value is -0.500. The van der Waals surface area contributed by atoms with E-state index in [1.807, 2.05) is 14.0 Å². The molecule has 1 aliphatic heterocycles. The molecule has 2 rings (SSSR count). The number of hydrogen-bond donors (Lipinski definition) is 1. The zero-order valence-electron chi connectivity index (χ0n) is 10.0. The fourth-order valence-corrected chi connectivity index (χ4v) is 4.71. The first-order chi connectivity index (χ1) is 8.04. The van der Waals surface area contributed by atoms with Crippen LogP contribution in [0.2, 0.25) is 0 Å². The molecule has 0 bridgehead atoms. The van der Waals surface area contributed by atoms with E-state index in [0.29, 0.717) is 23.3 Å². The van der Waals surface area contributed by atoms with E-state index in [2.05, 4.69) is 10.3 Å². The van der Waals surface area contributed by atoms with Crippen LogP contribution in [0.25, 0.3) is 0 Å². The van der Waals surface area contributed by atoms with Crippen molar-refractivity contribution in [2.45, 2.75) is 30.0 Å². The third kappa shape index (κ3) is 2.67. The van der Waals surface area contributed by atoms with E-state index in [9.17, 15) is 8.42 Å². The second-order valence-corrected chi connectivity index (χ2v) is 7.56. The number of nitrogens with one attached hydrogen (secondary N) is 1. The van der Waals surface area contributed by atoms with Crippen LogP contribution < -0.4 is 5.32 Å². The molecular weight excluding hydrogens is 258 g/mol. The van der Waals surface area contributed by atoms with Gasteiger partial charge in [0.05, 0.1) is 11.2 Å². The normalized spacial score (nSPS) is 19.6. The Bertz CT molecular complexity index is 475. The van der Waals surface area contributed by atoms with Crippen molar-refractivity contribution in [2.75, 3.05) is 20.1 Å². The van der Waals surface area contributed by atoms with Crippen molar-refractivity contribution in [2.24, 2.45) is 0 Å². The van der Waals surface area contributed by atoms with Gasteiger partial charge in [0.25, 0.3) is 10.0 Å². The third-order valence-electron chi connectivity index (χ3n) is 3.06. The van der Waals surface area contributed by atoms with Gasteiger partial charge in [-0.2, -0.15) is 4.31 Å². The zero-order chi connectivity index (χ0) is 12.5. The van der Waals surface area contributed by atoms with Gasteiger partial charge in [-0.1, -0.05) is 0 Å².